The van der Waals surface area contributed by atoms with Crippen molar-refractivity contribution in [2.75, 3.05) is 11.9 Å². The van der Waals surface area contributed by atoms with Gasteiger partial charge < -0.3 is 10.4 Å². The molecule has 0 radical (unpaired) electrons. The van der Waals surface area contributed by atoms with E-state index in [1.165, 1.54) is 42.6 Å². The average Bonchev–Trinajstić information content (AvgIpc) is 3.05. The van der Waals surface area contributed by atoms with E-state index >= 15 is 0 Å². The van der Waals surface area contributed by atoms with Gasteiger partial charge in [0.25, 0.3) is 0 Å². The van der Waals surface area contributed by atoms with Crippen LogP contribution < -0.4 is 5.32 Å². The van der Waals surface area contributed by atoms with E-state index in [4.69, 9.17) is 5.11 Å². The summed E-state index contributed by atoms with van der Waals surface area (Å²) in [6.07, 6.45) is 7.35. The van der Waals surface area contributed by atoms with Crippen molar-refractivity contribution in [3.05, 3.63) is 46.0 Å². The Morgan fingerprint density at radius 3 is 2.84 bits per heavy atom. The summed E-state index contributed by atoms with van der Waals surface area (Å²) < 4.78 is 0. The topological polar surface area (TPSA) is 62.2 Å². The number of anilines is 1. The normalized spacial score (nSPS) is 25.1. The number of benzene rings is 1. The van der Waals surface area contributed by atoms with Crippen LogP contribution in [0.4, 0.5) is 5.13 Å². The summed E-state index contributed by atoms with van der Waals surface area (Å²) in [7, 11) is 0. The lowest BCUT2D eigenvalue weighted by atomic mass is 9.59. The lowest BCUT2D eigenvalue weighted by Crippen LogP contribution is -2.37. The number of nitrogens with one attached hydrogen (secondary N) is 1. The number of aliphatic carboxylic acids is 1. The van der Waals surface area contributed by atoms with Gasteiger partial charge in [0.05, 0.1) is 5.69 Å². The van der Waals surface area contributed by atoms with Gasteiger partial charge in [0, 0.05) is 11.3 Å². The number of aryl methyl sites for hydroxylation is 2. The highest BCUT2D eigenvalue weighted by molar-refractivity contribution is 7.13. The minimum Gasteiger partial charge on any atom is -0.480 e. The summed E-state index contributed by atoms with van der Waals surface area (Å²) >= 11 is 1.50. The van der Waals surface area contributed by atoms with Gasteiger partial charge in [-0.15, -0.1) is 11.3 Å². The molecule has 1 aromatic carbocycles. The van der Waals surface area contributed by atoms with Crippen LogP contribution in [0.3, 0.4) is 0 Å². The van der Waals surface area contributed by atoms with Crippen LogP contribution in [0.2, 0.25) is 0 Å². The Hall–Kier alpha value is -1.88. The van der Waals surface area contributed by atoms with Crippen LogP contribution in [-0.2, 0) is 23.1 Å². The van der Waals surface area contributed by atoms with Gasteiger partial charge in [-0.1, -0.05) is 25.1 Å². The molecular formula is C20H24N2O2S. The first kappa shape index (κ1) is 16.6. The van der Waals surface area contributed by atoms with Crippen molar-refractivity contribution in [2.24, 2.45) is 0 Å². The van der Waals surface area contributed by atoms with Crippen molar-refractivity contribution in [1.82, 2.24) is 4.98 Å². The SMILES string of the molecule is CC1(c2ccc3c(c2)CCCC3)CC(c2csc(NCC(=O)O)n2)C1. The monoisotopic (exact) mass is 356 g/mol. The molecule has 0 saturated heterocycles. The van der Waals surface area contributed by atoms with Gasteiger partial charge in [0.15, 0.2) is 5.13 Å². The summed E-state index contributed by atoms with van der Waals surface area (Å²) in [5.41, 5.74) is 5.93. The number of rotatable bonds is 5. The number of fused-ring (bicyclic) bond motifs is 1. The van der Waals surface area contributed by atoms with E-state index in [2.05, 4.69) is 40.8 Å². The number of carbonyl (C=O) groups is 1. The first-order valence-corrected chi connectivity index (χ1v) is 9.95. The van der Waals surface area contributed by atoms with E-state index < -0.39 is 5.97 Å². The predicted octanol–water partition coefficient (Wildman–Crippen LogP) is 4.35. The van der Waals surface area contributed by atoms with Crippen molar-refractivity contribution < 1.29 is 9.90 Å². The van der Waals surface area contributed by atoms with Crippen LogP contribution >= 0.6 is 11.3 Å². The van der Waals surface area contributed by atoms with Gasteiger partial charge in [0.1, 0.15) is 6.54 Å². The fourth-order valence-electron chi connectivity index (χ4n) is 4.29. The van der Waals surface area contributed by atoms with Crippen molar-refractivity contribution >= 4 is 22.4 Å². The van der Waals surface area contributed by atoms with Gasteiger partial charge in [0.2, 0.25) is 0 Å². The predicted molar refractivity (Wildman–Crippen MR) is 101 cm³/mol. The Morgan fingerprint density at radius 2 is 2.08 bits per heavy atom. The molecule has 2 N–H and O–H groups in total. The Balaban J connectivity index is 1.43. The lowest BCUT2D eigenvalue weighted by molar-refractivity contribution is -0.134. The second-order valence-electron chi connectivity index (χ2n) is 7.68. The molecule has 2 aliphatic carbocycles. The third kappa shape index (κ3) is 3.30. The molecule has 1 heterocycles. The number of carboxylic acid groups (broad SMARTS) is 1. The van der Waals surface area contributed by atoms with Crippen molar-refractivity contribution in [3.63, 3.8) is 0 Å². The highest BCUT2D eigenvalue weighted by atomic mass is 32.1. The van der Waals surface area contributed by atoms with Crippen LogP contribution in [-0.4, -0.2) is 22.6 Å². The molecule has 4 rings (SSSR count). The zero-order valence-electron chi connectivity index (χ0n) is 14.5. The molecule has 25 heavy (non-hydrogen) atoms. The number of hydrogen-bond acceptors (Lipinski definition) is 4. The highest BCUT2D eigenvalue weighted by Crippen LogP contribution is 2.52. The number of aromatic nitrogens is 1. The van der Waals surface area contributed by atoms with Crippen LogP contribution in [0.15, 0.2) is 23.6 Å². The number of hydrogen-bond donors (Lipinski definition) is 2. The van der Waals surface area contributed by atoms with Crippen molar-refractivity contribution in [2.45, 2.75) is 56.8 Å². The van der Waals surface area contributed by atoms with Crippen molar-refractivity contribution in [3.8, 4) is 0 Å². The molecule has 4 nitrogen and oxygen atoms in total. The highest BCUT2D eigenvalue weighted by Gasteiger charge is 2.43. The molecule has 2 aromatic rings. The maximum Gasteiger partial charge on any atom is 0.322 e. The summed E-state index contributed by atoms with van der Waals surface area (Å²) in [5, 5.41) is 14.4. The molecule has 1 saturated carbocycles. The molecule has 0 unspecified atom stereocenters. The van der Waals surface area contributed by atoms with Gasteiger partial charge in [-0.25, -0.2) is 4.98 Å². The second kappa shape index (κ2) is 6.45. The van der Waals surface area contributed by atoms with E-state index in [1.54, 1.807) is 11.1 Å². The molecule has 5 heteroatoms. The van der Waals surface area contributed by atoms with Crippen LogP contribution in [0.5, 0.6) is 0 Å². The van der Waals surface area contributed by atoms with E-state index in [-0.39, 0.29) is 12.0 Å². The molecule has 0 atom stereocenters. The maximum absolute atomic E-state index is 10.6. The first-order valence-electron chi connectivity index (χ1n) is 9.07. The summed E-state index contributed by atoms with van der Waals surface area (Å²) in [6, 6.07) is 7.13. The van der Waals surface area contributed by atoms with Crippen LogP contribution in [0.25, 0.3) is 0 Å². The number of nitrogens with zero attached hydrogens (tertiary/aromatic N) is 1. The van der Waals surface area contributed by atoms with Crippen molar-refractivity contribution in [1.29, 1.82) is 0 Å². The zero-order valence-corrected chi connectivity index (χ0v) is 15.4. The van der Waals surface area contributed by atoms with E-state index in [0.29, 0.717) is 11.0 Å². The molecular weight excluding hydrogens is 332 g/mol. The number of thiazole rings is 1. The average molecular weight is 356 g/mol. The zero-order chi connectivity index (χ0) is 17.4. The maximum atomic E-state index is 10.6. The standard InChI is InChI=1S/C20H24N2O2S/c1-20(16-7-6-13-4-2-3-5-14(13)8-16)9-15(10-20)17-12-25-19(22-17)21-11-18(23)24/h6-8,12,15H,2-5,9-11H2,1H3,(H,21,22)(H,23,24). The quantitative estimate of drug-likeness (QED) is 0.836. The number of carboxylic acids is 1. The fraction of sp³-hybridized carbons (Fsp3) is 0.500. The molecule has 2 aliphatic rings. The Morgan fingerprint density at radius 1 is 1.32 bits per heavy atom. The van der Waals surface area contributed by atoms with Crippen LogP contribution in [0.1, 0.15) is 60.9 Å². The third-order valence-corrected chi connectivity index (χ3v) is 6.59. The molecule has 0 spiro atoms. The summed E-state index contributed by atoms with van der Waals surface area (Å²) in [4.78, 5) is 15.2. The molecule has 0 bridgehead atoms. The van der Waals surface area contributed by atoms with Gasteiger partial charge in [-0.2, -0.15) is 0 Å². The smallest absolute Gasteiger partial charge is 0.322 e. The molecule has 132 valence electrons. The first-order chi connectivity index (χ1) is 12.0. The Bertz CT molecular complexity index is 793. The molecule has 1 fully saturated rings. The summed E-state index contributed by atoms with van der Waals surface area (Å²) in [5.74, 6) is -0.377. The van der Waals surface area contributed by atoms with Gasteiger partial charge >= 0.3 is 5.97 Å². The van der Waals surface area contributed by atoms with Gasteiger partial charge in [-0.3, -0.25) is 4.79 Å². The molecule has 0 amide bonds. The Kier molecular flexibility index (Phi) is 4.28. The summed E-state index contributed by atoms with van der Waals surface area (Å²) in [6.45, 7) is 2.29. The largest absolute Gasteiger partial charge is 0.480 e. The fourth-order valence-corrected chi connectivity index (χ4v) is 5.08. The minimum absolute atomic E-state index is 0.0789. The second-order valence-corrected chi connectivity index (χ2v) is 8.54. The van der Waals surface area contributed by atoms with Crippen LogP contribution in [0, 0.1) is 0 Å². The molecule has 0 aliphatic heterocycles. The Labute approximate surface area is 152 Å². The lowest BCUT2D eigenvalue weighted by Gasteiger charge is -2.45. The van der Waals surface area contributed by atoms with E-state index in [1.807, 2.05) is 0 Å². The van der Waals surface area contributed by atoms with Gasteiger partial charge in [-0.05, 0) is 60.6 Å². The minimum atomic E-state index is -0.861. The molecule has 1 aromatic heterocycles. The van der Waals surface area contributed by atoms with E-state index in [0.717, 1.165) is 18.5 Å². The third-order valence-electron chi connectivity index (χ3n) is 5.77. The van der Waals surface area contributed by atoms with E-state index in [9.17, 15) is 4.79 Å².